The van der Waals surface area contributed by atoms with Crippen LogP contribution in [0.3, 0.4) is 0 Å². The molecule has 0 aromatic heterocycles. The molecule has 1 atom stereocenters. The van der Waals surface area contributed by atoms with Gasteiger partial charge in [0.25, 0.3) is 0 Å². The third-order valence-electron chi connectivity index (χ3n) is 1.74. The van der Waals surface area contributed by atoms with Crippen LogP contribution in [0.25, 0.3) is 0 Å². The van der Waals surface area contributed by atoms with Crippen molar-refractivity contribution >= 4 is 11.7 Å². The molecule has 1 aromatic carbocycles. The van der Waals surface area contributed by atoms with Crippen molar-refractivity contribution < 1.29 is 23.1 Å². The summed E-state index contributed by atoms with van der Waals surface area (Å²) < 4.78 is 38.4. The van der Waals surface area contributed by atoms with E-state index in [2.05, 4.69) is 5.32 Å². The number of rotatable bonds is 3. The first-order valence-corrected chi connectivity index (χ1v) is 4.05. The Balaban J connectivity index is 2.99. The van der Waals surface area contributed by atoms with E-state index in [1.54, 1.807) is 0 Å². The number of nitrogens with one attached hydrogen (secondary N) is 1. The molecule has 0 saturated heterocycles. The molecule has 0 saturated carbocycles. The van der Waals surface area contributed by atoms with E-state index in [-0.39, 0.29) is 0 Å². The second kappa shape index (κ2) is 4.20. The molecule has 15 heavy (non-hydrogen) atoms. The van der Waals surface area contributed by atoms with Crippen LogP contribution in [0, 0.1) is 17.5 Å². The highest BCUT2D eigenvalue weighted by Gasteiger charge is 2.16. The lowest BCUT2D eigenvalue weighted by Gasteiger charge is -2.11. The maximum Gasteiger partial charge on any atom is 0.325 e. The third kappa shape index (κ3) is 2.61. The van der Waals surface area contributed by atoms with E-state index in [1.807, 2.05) is 0 Å². The molecule has 0 aliphatic rings. The van der Waals surface area contributed by atoms with Gasteiger partial charge in [0.15, 0.2) is 11.6 Å². The number of carboxylic acid groups (broad SMARTS) is 1. The minimum Gasteiger partial charge on any atom is -0.480 e. The average Bonchev–Trinajstić information content (AvgIpc) is 2.13. The monoisotopic (exact) mass is 219 g/mol. The van der Waals surface area contributed by atoms with Crippen LogP contribution in [0.2, 0.25) is 0 Å². The summed E-state index contributed by atoms with van der Waals surface area (Å²) in [6, 6.07) is -0.0650. The minimum absolute atomic E-state index is 0.381. The highest BCUT2D eigenvalue weighted by molar-refractivity contribution is 5.76. The molecule has 1 unspecified atom stereocenters. The maximum atomic E-state index is 13.0. The predicted octanol–water partition coefficient (Wildman–Crippen LogP) is 1.99. The van der Waals surface area contributed by atoms with Crippen LogP contribution in [0.5, 0.6) is 0 Å². The van der Waals surface area contributed by atoms with Gasteiger partial charge < -0.3 is 10.4 Å². The average molecular weight is 219 g/mol. The second-order valence-corrected chi connectivity index (χ2v) is 2.95. The Bertz CT molecular complexity index is 395. The number of aliphatic carboxylic acids is 1. The molecular weight excluding hydrogens is 211 g/mol. The molecule has 3 nitrogen and oxygen atoms in total. The first kappa shape index (κ1) is 11.4. The molecule has 2 N–H and O–H groups in total. The summed E-state index contributed by atoms with van der Waals surface area (Å²) in [5, 5.41) is 10.6. The third-order valence-corrected chi connectivity index (χ3v) is 1.74. The zero-order valence-electron chi connectivity index (χ0n) is 7.72. The first-order valence-electron chi connectivity index (χ1n) is 4.05. The number of anilines is 1. The van der Waals surface area contributed by atoms with E-state index in [9.17, 15) is 18.0 Å². The van der Waals surface area contributed by atoms with Gasteiger partial charge in [-0.15, -0.1) is 0 Å². The van der Waals surface area contributed by atoms with Gasteiger partial charge in [0.05, 0.1) is 5.69 Å². The van der Waals surface area contributed by atoms with Crippen molar-refractivity contribution in [2.45, 2.75) is 13.0 Å². The topological polar surface area (TPSA) is 49.3 Å². The number of hydrogen-bond acceptors (Lipinski definition) is 2. The van der Waals surface area contributed by atoms with Crippen molar-refractivity contribution in [2.24, 2.45) is 0 Å². The molecule has 82 valence electrons. The number of carboxylic acids is 1. The molecule has 6 heteroatoms. The van der Waals surface area contributed by atoms with Crippen molar-refractivity contribution in [1.82, 2.24) is 0 Å². The van der Waals surface area contributed by atoms with Crippen molar-refractivity contribution in [3.05, 3.63) is 29.6 Å². The number of hydrogen-bond donors (Lipinski definition) is 2. The van der Waals surface area contributed by atoms with Gasteiger partial charge >= 0.3 is 5.97 Å². The molecule has 1 rings (SSSR count). The Morgan fingerprint density at radius 2 is 2.00 bits per heavy atom. The fourth-order valence-corrected chi connectivity index (χ4v) is 0.956. The maximum absolute atomic E-state index is 13.0. The summed E-state index contributed by atoms with van der Waals surface area (Å²) in [5.74, 6) is -4.90. The van der Waals surface area contributed by atoms with Gasteiger partial charge in [-0.3, -0.25) is 4.79 Å². The molecule has 0 radical (unpaired) electrons. The van der Waals surface area contributed by atoms with E-state index >= 15 is 0 Å². The summed E-state index contributed by atoms with van der Waals surface area (Å²) in [6.07, 6.45) is 0. The summed E-state index contributed by atoms with van der Waals surface area (Å²) in [7, 11) is 0. The van der Waals surface area contributed by atoms with Crippen LogP contribution in [0.1, 0.15) is 6.92 Å². The molecule has 0 fully saturated rings. The Kier molecular flexibility index (Phi) is 3.18. The number of benzene rings is 1. The van der Waals surface area contributed by atoms with E-state index < -0.39 is 35.2 Å². The van der Waals surface area contributed by atoms with Gasteiger partial charge in [0.2, 0.25) is 0 Å². The summed E-state index contributed by atoms with van der Waals surface area (Å²) >= 11 is 0. The Hall–Kier alpha value is -1.72. The van der Waals surface area contributed by atoms with Gasteiger partial charge in [-0.25, -0.2) is 13.2 Å². The molecule has 1 aromatic rings. The Labute approximate surface area is 83.5 Å². The fourth-order valence-electron chi connectivity index (χ4n) is 0.956. The van der Waals surface area contributed by atoms with Crippen LogP contribution in [0.4, 0.5) is 18.9 Å². The molecular formula is C9H8F3NO2. The number of halogens is 3. The molecule has 0 bridgehead atoms. The van der Waals surface area contributed by atoms with Gasteiger partial charge in [-0.2, -0.15) is 0 Å². The van der Waals surface area contributed by atoms with Gasteiger partial charge in [-0.05, 0) is 6.92 Å². The second-order valence-electron chi connectivity index (χ2n) is 2.95. The fraction of sp³-hybridized carbons (Fsp3) is 0.222. The molecule has 0 aliphatic heterocycles. The highest BCUT2D eigenvalue weighted by Crippen LogP contribution is 2.19. The quantitative estimate of drug-likeness (QED) is 0.764. The molecule has 0 spiro atoms. The largest absolute Gasteiger partial charge is 0.480 e. The van der Waals surface area contributed by atoms with E-state index in [0.29, 0.717) is 12.1 Å². The normalized spacial score (nSPS) is 12.3. The van der Waals surface area contributed by atoms with E-state index in [4.69, 9.17) is 5.11 Å². The zero-order chi connectivity index (χ0) is 11.6. The zero-order valence-corrected chi connectivity index (χ0v) is 7.72. The first-order chi connectivity index (χ1) is 6.91. The van der Waals surface area contributed by atoms with E-state index in [1.165, 1.54) is 6.92 Å². The smallest absolute Gasteiger partial charge is 0.325 e. The van der Waals surface area contributed by atoms with Gasteiger partial charge in [-0.1, -0.05) is 0 Å². The van der Waals surface area contributed by atoms with Crippen molar-refractivity contribution in [3.8, 4) is 0 Å². The summed E-state index contributed by atoms with van der Waals surface area (Å²) in [4.78, 5) is 10.4. The number of carbonyl (C=O) groups is 1. The van der Waals surface area contributed by atoms with Crippen LogP contribution in [0.15, 0.2) is 12.1 Å². The van der Waals surface area contributed by atoms with Crippen molar-refractivity contribution in [2.75, 3.05) is 5.32 Å². The molecule has 0 heterocycles. The van der Waals surface area contributed by atoms with Crippen LogP contribution in [-0.4, -0.2) is 17.1 Å². The van der Waals surface area contributed by atoms with Crippen LogP contribution < -0.4 is 5.32 Å². The van der Waals surface area contributed by atoms with Crippen molar-refractivity contribution in [1.29, 1.82) is 0 Å². The Morgan fingerprint density at radius 1 is 1.40 bits per heavy atom. The van der Waals surface area contributed by atoms with Gasteiger partial charge in [0.1, 0.15) is 11.9 Å². The Morgan fingerprint density at radius 3 is 2.53 bits per heavy atom. The van der Waals surface area contributed by atoms with Crippen molar-refractivity contribution in [3.63, 3.8) is 0 Å². The standard InChI is InChI=1S/C9H8F3NO2/c1-4(9(14)15)13-7-3-5(10)2-6(11)8(7)12/h2-4,13H,1H3,(H,14,15). The molecule has 0 aliphatic carbocycles. The van der Waals surface area contributed by atoms with Crippen LogP contribution >= 0.6 is 0 Å². The SMILES string of the molecule is CC(Nc1cc(F)cc(F)c1F)C(=O)O. The lowest BCUT2D eigenvalue weighted by molar-refractivity contribution is -0.137. The predicted molar refractivity (Wildman–Crippen MR) is 47.0 cm³/mol. The lowest BCUT2D eigenvalue weighted by Crippen LogP contribution is -2.26. The van der Waals surface area contributed by atoms with E-state index in [0.717, 1.165) is 0 Å². The lowest BCUT2D eigenvalue weighted by atomic mass is 10.2. The minimum atomic E-state index is -1.37. The van der Waals surface area contributed by atoms with Crippen LogP contribution in [-0.2, 0) is 4.79 Å². The summed E-state index contributed by atoms with van der Waals surface area (Å²) in [6.45, 7) is 1.23. The van der Waals surface area contributed by atoms with Gasteiger partial charge in [0, 0.05) is 12.1 Å². The summed E-state index contributed by atoms with van der Waals surface area (Å²) in [5.41, 5.74) is -0.512. The highest BCUT2D eigenvalue weighted by atomic mass is 19.2. The molecule has 0 amide bonds.